The smallest absolute Gasteiger partial charge is 0.338 e. The first kappa shape index (κ1) is 19.6. The Hall–Kier alpha value is -3.14. The van der Waals surface area contributed by atoms with E-state index in [2.05, 4.69) is 6.07 Å². The number of fused-ring (bicyclic) bond motifs is 1. The first-order valence-electron chi connectivity index (χ1n) is 9.55. The Bertz CT molecular complexity index is 1090. The van der Waals surface area contributed by atoms with Gasteiger partial charge in [-0.25, -0.2) is 4.79 Å². The zero-order chi connectivity index (χ0) is 20.1. The highest BCUT2D eigenvalue weighted by Gasteiger charge is 2.15. The van der Waals surface area contributed by atoms with Gasteiger partial charge in [0.05, 0.1) is 17.6 Å². The maximum absolute atomic E-state index is 13.1. The number of carbonyl (C=O) groups is 1. The van der Waals surface area contributed by atoms with Gasteiger partial charge in [-0.15, -0.1) is 0 Å². The van der Waals surface area contributed by atoms with E-state index in [9.17, 15) is 9.59 Å². The molecule has 0 amide bonds. The SMILES string of the molecule is CCCc1c(C=Cc2cccc(C)c2)oc2ccc(C(=O)OCC)cc2c1=O. The number of hydrogen-bond acceptors (Lipinski definition) is 4. The van der Waals surface area contributed by atoms with Gasteiger partial charge in [-0.05, 0) is 50.1 Å². The molecule has 0 atom stereocenters. The predicted molar refractivity (Wildman–Crippen MR) is 113 cm³/mol. The average Bonchev–Trinajstić information content (AvgIpc) is 2.69. The predicted octanol–water partition coefficient (Wildman–Crippen LogP) is 5.40. The van der Waals surface area contributed by atoms with E-state index in [1.807, 2.05) is 44.2 Å². The maximum Gasteiger partial charge on any atom is 0.338 e. The van der Waals surface area contributed by atoms with Crippen LogP contribution in [-0.4, -0.2) is 12.6 Å². The molecule has 2 aromatic carbocycles. The molecule has 0 aliphatic rings. The molecular weight excluding hydrogens is 352 g/mol. The van der Waals surface area contributed by atoms with Crippen molar-refractivity contribution in [3.8, 4) is 0 Å². The van der Waals surface area contributed by atoms with Gasteiger partial charge in [0.2, 0.25) is 0 Å². The molecule has 0 spiro atoms. The van der Waals surface area contributed by atoms with Gasteiger partial charge in [-0.2, -0.15) is 0 Å². The summed E-state index contributed by atoms with van der Waals surface area (Å²) < 4.78 is 11.1. The van der Waals surface area contributed by atoms with E-state index >= 15 is 0 Å². The number of ether oxygens (including phenoxy) is 1. The van der Waals surface area contributed by atoms with Crippen LogP contribution < -0.4 is 5.43 Å². The summed E-state index contributed by atoms with van der Waals surface area (Å²) in [6.45, 7) is 6.10. The summed E-state index contributed by atoms with van der Waals surface area (Å²) in [5.41, 5.74) is 3.55. The largest absolute Gasteiger partial charge is 0.462 e. The Morgan fingerprint density at radius 3 is 2.64 bits per heavy atom. The third kappa shape index (κ3) is 4.22. The van der Waals surface area contributed by atoms with Gasteiger partial charge in [0.25, 0.3) is 0 Å². The van der Waals surface area contributed by atoms with E-state index in [0.29, 0.717) is 34.3 Å². The number of aryl methyl sites for hydroxylation is 1. The fourth-order valence-corrected chi connectivity index (χ4v) is 3.16. The highest BCUT2D eigenvalue weighted by atomic mass is 16.5. The first-order valence-corrected chi connectivity index (χ1v) is 9.55. The summed E-state index contributed by atoms with van der Waals surface area (Å²) in [6, 6.07) is 13.0. The topological polar surface area (TPSA) is 56.5 Å². The fraction of sp³-hybridized carbons (Fsp3) is 0.250. The molecular formula is C24H24O4. The van der Waals surface area contributed by atoms with E-state index < -0.39 is 5.97 Å². The Kier molecular flexibility index (Phi) is 6.09. The Morgan fingerprint density at radius 2 is 1.93 bits per heavy atom. The summed E-state index contributed by atoms with van der Waals surface area (Å²) in [7, 11) is 0. The first-order chi connectivity index (χ1) is 13.5. The van der Waals surface area contributed by atoms with Crippen LogP contribution in [0.15, 0.2) is 51.7 Å². The van der Waals surface area contributed by atoms with Gasteiger partial charge in [-0.1, -0.05) is 49.2 Å². The fourth-order valence-electron chi connectivity index (χ4n) is 3.16. The Balaban J connectivity index is 2.10. The minimum Gasteiger partial charge on any atom is -0.462 e. The third-order valence-corrected chi connectivity index (χ3v) is 4.50. The zero-order valence-corrected chi connectivity index (χ0v) is 16.5. The van der Waals surface area contributed by atoms with Crippen LogP contribution in [0, 0.1) is 6.92 Å². The summed E-state index contributed by atoms with van der Waals surface area (Å²) >= 11 is 0. The molecule has 0 aliphatic heterocycles. The van der Waals surface area contributed by atoms with Crippen molar-refractivity contribution in [1.82, 2.24) is 0 Å². The highest BCUT2D eigenvalue weighted by Crippen LogP contribution is 2.21. The van der Waals surface area contributed by atoms with Gasteiger partial charge in [0.1, 0.15) is 11.3 Å². The van der Waals surface area contributed by atoms with Crippen molar-refractivity contribution in [1.29, 1.82) is 0 Å². The average molecular weight is 376 g/mol. The van der Waals surface area contributed by atoms with Crippen LogP contribution in [0.1, 0.15) is 53.1 Å². The van der Waals surface area contributed by atoms with E-state index in [1.165, 1.54) is 5.56 Å². The van der Waals surface area contributed by atoms with Gasteiger partial charge in [0.15, 0.2) is 5.43 Å². The lowest BCUT2D eigenvalue weighted by Crippen LogP contribution is -2.12. The lowest BCUT2D eigenvalue weighted by Gasteiger charge is -2.08. The van der Waals surface area contributed by atoms with Gasteiger partial charge < -0.3 is 9.15 Å². The number of hydrogen-bond donors (Lipinski definition) is 0. The lowest BCUT2D eigenvalue weighted by molar-refractivity contribution is 0.0526. The van der Waals surface area contributed by atoms with Crippen LogP contribution in [0.25, 0.3) is 23.1 Å². The van der Waals surface area contributed by atoms with E-state index in [1.54, 1.807) is 25.1 Å². The Labute approximate surface area is 164 Å². The second-order valence-electron chi connectivity index (χ2n) is 6.70. The zero-order valence-electron chi connectivity index (χ0n) is 16.5. The molecule has 1 aromatic heterocycles. The maximum atomic E-state index is 13.1. The molecule has 0 aliphatic carbocycles. The standard InChI is InChI=1S/C24H24O4/c1-4-7-19-21(12-10-17-9-6-8-16(3)14-17)28-22-13-11-18(24(26)27-5-2)15-20(22)23(19)25/h6,8-15H,4-5,7H2,1-3H3. The molecule has 1 heterocycles. The molecule has 0 radical (unpaired) electrons. The molecule has 3 aromatic rings. The quantitative estimate of drug-likeness (QED) is 0.541. The van der Waals surface area contributed by atoms with Crippen molar-refractivity contribution in [3.63, 3.8) is 0 Å². The third-order valence-electron chi connectivity index (χ3n) is 4.50. The molecule has 0 saturated heterocycles. The molecule has 0 saturated carbocycles. The molecule has 28 heavy (non-hydrogen) atoms. The van der Waals surface area contributed by atoms with Crippen LogP contribution in [0.3, 0.4) is 0 Å². The summed E-state index contributed by atoms with van der Waals surface area (Å²) in [4.78, 5) is 25.1. The number of carbonyl (C=O) groups excluding carboxylic acids is 1. The van der Waals surface area contributed by atoms with E-state index in [-0.39, 0.29) is 12.0 Å². The van der Waals surface area contributed by atoms with Crippen molar-refractivity contribution in [2.24, 2.45) is 0 Å². The number of esters is 1. The second kappa shape index (κ2) is 8.70. The molecule has 0 bridgehead atoms. The molecule has 144 valence electrons. The van der Waals surface area contributed by atoms with Crippen LogP contribution in [-0.2, 0) is 11.2 Å². The number of benzene rings is 2. The summed E-state index contributed by atoms with van der Waals surface area (Å²) in [5.74, 6) is 0.119. The second-order valence-corrected chi connectivity index (χ2v) is 6.70. The molecule has 0 N–H and O–H groups in total. The highest BCUT2D eigenvalue weighted by molar-refractivity contribution is 5.94. The van der Waals surface area contributed by atoms with Crippen molar-refractivity contribution >= 4 is 29.1 Å². The van der Waals surface area contributed by atoms with Gasteiger partial charge in [0, 0.05) is 5.56 Å². The summed E-state index contributed by atoms with van der Waals surface area (Å²) in [5, 5.41) is 0.404. The Morgan fingerprint density at radius 1 is 1.11 bits per heavy atom. The van der Waals surface area contributed by atoms with Crippen LogP contribution in [0.5, 0.6) is 0 Å². The van der Waals surface area contributed by atoms with Crippen LogP contribution in [0.4, 0.5) is 0 Å². The summed E-state index contributed by atoms with van der Waals surface area (Å²) in [6.07, 6.45) is 5.22. The van der Waals surface area contributed by atoms with E-state index in [0.717, 1.165) is 12.0 Å². The minimum absolute atomic E-state index is 0.0989. The van der Waals surface area contributed by atoms with Crippen molar-refractivity contribution < 1.29 is 13.9 Å². The molecule has 3 rings (SSSR count). The molecule has 0 fully saturated rings. The van der Waals surface area contributed by atoms with E-state index in [4.69, 9.17) is 9.15 Å². The van der Waals surface area contributed by atoms with Gasteiger partial charge >= 0.3 is 5.97 Å². The molecule has 0 unspecified atom stereocenters. The lowest BCUT2D eigenvalue weighted by atomic mass is 10.0. The molecule has 4 heteroatoms. The van der Waals surface area contributed by atoms with Crippen LogP contribution >= 0.6 is 0 Å². The molecule has 4 nitrogen and oxygen atoms in total. The van der Waals surface area contributed by atoms with Gasteiger partial charge in [-0.3, -0.25) is 4.79 Å². The normalized spacial score (nSPS) is 11.2. The minimum atomic E-state index is -0.440. The van der Waals surface area contributed by atoms with Crippen LogP contribution in [0.2, 0.25) is 0 Å². The number of rotatable bonds is 6. The van der Waals surface area contributed by atoms with Crippen molar-refractivity contribution in [2.75, 3.05) is 6.61 Å². The monoisotopic (exact) mass is 376 g/mol. The van der Waals surface area contributed by atoms with Crippen molar-refractivity contribution in [3.05, 3.63) is 80.7 Å². The van der Waals surface area contributed by atoms with Crippen molar-refractivity contribution in [2.45, 2.75) is 33.6 Å².